The third-order valence-electron chi connectivity index (χ3n) is 3.21. The van der Waals surface area contributed by atoms with Crippen molar-refractivity contribution < 1.29 is 14.6 Å². The second-order valence-corrected chi connectivity index (χ2v) is 6.25. The van der Waals surface area contributed by atoms with Crippen LogP contribution in [0.5, 0.6) is 5.75 Å². The number of rotatable bonds is 8. The van der Waals surface area contributed by atoms with Gasteiger partial charge in [-0.2, -0.15) is 0 Å². The number of benzene rings is 1. The van der Waals surface area contributed by atoms with E-state index in [-0.39, 0.29) is 17.4 Å². The van der Waals surface area contributed by atoms with Gasteiger partial charge >= 0.3 is 0 Å². The molecule has 1 rings (SSSR count). The average molecular weight is 293 g/mol. The first-order valence-corrected chi connectivity index (χ1v) is 7.49. The van der Waals surface area contributed by atoms with Gasteiger partial charge in [0.25, 0.3) is 0 Å². The molecule has 0 fully saturated rings. The minimum Gasteiger partial charge on any atom is -0.494 e. The van der Waals surface area contributed by atoms with E-state index in [1.807, 2.05) is 45.0 Å². The summed E-state index contributed by atoms with van der Waals surface area (Å²) in [5.74, 6) is 0.817. The molecule has 1 aromatic rings. The maximum atomic E-state index is 12.0. The number of ether oxygens (including phenoxy) is 1. The molecular formula is C17H27NO3. The van der Waals surface area contributed by atoms with E-state index in [4.69, 9.17) is 4.74 Å². The minimum atomic E-state index is -0.358. The van der Waals surface area contributed by atoms with Gasteiger partial charge in [-0.1, -0.05) is 26.0 Å². The number of nitrogens with one attached hydrogen (secondary N) is 1. The zero-order chi connectivity index (χ0) is 15.9. The van der Waals surface area contributed by atoms with Crippen LogP contribution in [0, 0.1) is 5.41 Å². The molecule has 118 valence electrons. The van der Waals surface area contributed by atoms with E-state index in [2.05, 4.69) is 5.32 Å². The highest BCUT2D eigenvalue weighted by Gasteiger charge is 2.21. The molecule has 0 aliphatic heterocycles. The molecule has 0 radical (unpaired) electrons. The highest BCUT2D eigenvalue weighted by molar-refractivity contribution is 5.78. The van der Waals surface area contributed by atoms with Crippen molar-refractivity contribution in [3.8, 4) is 5.75 Å². The highest BCUT2D eigenvalue weighted by Crippen LogP contribution is 2.21. The number of hydrogen-bond donors (Lipinski definition) is 2. The summed E-state index contributed by atoms with van der Waals surface area (Å²) >= 11 is 0. The summed E-state index contributed by atoms with van der Waals surface area (Å²) in [6, 6.07) is 7.57. The lowest BCUT2D eigenvalue weighted by Crippen LogP contribution is -2.36. The molecule has 0 heterocycles. The summed E-state index contributed by atoms with van der Waals surface area (Å²) in [6.45, 7) is 8.99. The number of carbonyl (C=O) groups excluding carboxylic acids is 1. The number of aliphatic hydroxyl groups excluding tert-OH is 1. The van der Waals surface area contributed by atoms with Gasteiger partial charge in [-0.05, 0) is 43.4 Å². The Hall–Kier alpha value is -1.55. The Morgan fingerprint density at radius 3 is 2.48 bits per heavy atom. The van der Waals surface area contributed by atoms with Crippen molar-refractivity contribution in [2.45, 2.75) is 46.6 Å². The summed E-state index contributed by atoms with van der Waals surface area (Å²) in [6.07, 6.45) is 0.663. The Morgan fingerprint density at radius 2 is 1.95 bits per heavy atom. The molecule has 1 amide bonds. The molecule has 1 atom stereocenters. The standard InChI is InChI=1S/C17H27NO3/c1-5-21-15-8-6-14(7-9-15)10-16(20)18-12-17(3,4)11-13(2)19/h6-9,13,19H,5,10-12H2,1-4H3,(H,18,20). The number of aliphatic hydroxyl groups is 1. The van der Waals surface area contributed by atoms with Gasteiger partial charge < -0.3 is 15.2 Å². The monoisotopic (exact) mass is 293 g/mol. The first kappa shape index (κ1) is 17.5. The Kier molecular flexibility index (Phi) is 6.69. The van der Waals surface area contributed by atoms with Crippen molar-refractivity contribution in [3.05, 3.63) is 29.8 Å². The molecule has 21 heavy (non-hydrogen) atoms. The molecule has 0 saturated heterocycles. The van der Waals surface area contributed by atoms with E-state index >= 15 is 0 Å². The lowest BCUT2D eigenvalue weighted by molar-refractivity contribution is -0.121. The van der Waals surface area contributed by atoms with E-state index in [1.165, 1.54) is 0 Å². The summed E-state index contributed by atoms with van der Waals surface area (Å²) in [5, 5.41) is 12.4. The van der Waals surface area contributed by atoms with E-state index in [0.717, 1.165) is 11.3 Å². The first-order valence-electron chi connectivity index (χ1n) is 7.49. The van der Waals surface area contributed by atoms with Crippen molar-refractivity contribution in [3.63, 3.8) is 0 Å². The summed E-state index contributed by atoms with van der Waals surface area (Å²) in [5.41, 5.74) is 0.854. The van der Waals surface area contributed by atoms with Crippen LogP contribution in [0.4, 0.5) is 0 Å². The predicted molar refractivity (Wildman–Crippen MR) is 84.4 cm³/mol. The van der Waals surface area contributed by atoms with Gasteiger partial charge in [-0.3, -0.25) is 4.79 Å². The molecule has 4 heteroatoms. The second-order valence-electron chi connectivity index (χ2n) is 6.25. The second kappa shape index (κ2) is 8.03. The molecule has 0 aliphatic rings. The number of amides is 1. The predicted octanol–water partition coefficient (Wildman–Crippen LogP) is 2.54. The van der Waals surface area contributed by atoms with Crippen LogP contribution in [0.1, 0.15) is 39.7 Å². The lowest BCUT2D eigenvalue weighted by atomic mass is 9.87. The minimum absolute atomic E-state index is 0.00201. The van der Waals surface area contributed by atoms with Gasteiger partial charge in [-0.15, -0.1) is 0 Å². The largest absolute Gasteiger partial charge is 0.494 e. The summed E-state index contributed by atoms with van der Waals surface area (Å²) in [7, 11) is 0. The highest BCUT2D eigenvalue weighted by atomic mass is 16.5. The molecule has 4 nitrogen and oxygen atoms in total. The van der Waals surface area contributed by atoms with E-state index in [1.54, 1.807) is 6.92 Å². The maximum Gasteiger partial charge on any atom is 0.224 e. The van der Waals surface area contributed by atoms with Gasteiger partial charge in [0.05, 0.1) is 19.1 Å². The van der Waals surface area contributed by atoms with E-state index in [9.17, 15) is 9.90 Å². The van der Waals surface area contributed by atoms with Crippen LogP contribution in [0.2, 0.25) is 0 Å². The maximum absolute atomic E-state index is 12.0. The molecule has 0 spiro atoms. The quantitative estimate of drug-likeness (QED) is 0.774. The number of hydrogen-bond acceptors (Lipinski definition) is 3. The third kappa shape index (κ3) is 7.14. The number of carbonyl (C=O) groups is 1. The SMILES string of the molecule is CCOc1ccc(CC(=O)NCC(C)(C)CC(C)O)cc1. The Balaban J connectivity index is 2.43. The molecule has 0 aromatic heterocycles. The van der Waals surface area contributed by atoms with Crippen molar-refractivity contribution in [2.75, 3.05) is 13.2 Å². The van der Waals surface area contributed by atoms with Gasteiger partial charge in [0, 0.05) is 6.54 Å². The van der Waals surface area contributed by atoms with Crippen LogP contribution < -0.4 is 10.1 Å². The fourth-order valence-corrected chi connectivity index (χ4v) is 2.33. The molecule has 0 aliphatic carbocycles. The van der Waals surface area contributed by atoms with Crippen LogP contribution in [-0.4, -0.2) is 30.3 Å². The fourth-order valence-electron chi connectivity index (χ4n) is 2.33. The topological polar surface area (TPSA) is 58.6 Å². The van der Waals surface area contributed by atoms with Gasteiger partial charge in [-0.25, -0.2) is 0 Å². The Bertz CT molecular complexity index is 438. The molecule has 1 unspecified atom stereocenters. The van der Waals surface area contributed by atoms with Gasteiger partial charge in [0.2, 0.25) is 5.91 Å². The first-order chi connectivity index (χ1) is 9.82. The van der Waals surface area contributed by atoms with E-state index in [0.29, 0.717) is 26.0 Å². The van der Waals surface area contributed by atoms with Crippen LogP contribution in [-0.2, 0) is 11.2 Å². The molecule has 0 saturated carbocycles. The third-order valence-corrected chi connectivity index (χ3v) is 3.21. The Labute approximate surface area is 127 Å². The Morgan fingerprint density at radius 1 is 1.33 bits per heavy atom. The van der Waals surface area contributed by atoms with Gasteiger partial charge in [0.15, 0.2) is 0 Å². The van der Waals surface area contributed by atoms with Crippen molar-refractivity contribution in [2.24, 2.45) is 5.41 Å². The molecule has 2 N–H and O–H groups in total. The molecule has 1 aromatic carbocycles. The van der Waals surface area contributed by atoms with Crippen molar-refractivity contribution in [1.29, 1.82) is 0 Å². The molecule has 0 bridgehead atoms. The van der Waals surface area contributed by atoms with Crippen LogP contribution in [0.15, 0.2) is 24.3 Å². The lowest BCUT2D eigenvalue weighted by Gasteiger charge is -2.26. The van der Waals surface area contributed by atoms with Crippen molar-refractivity contribution >= 4 is 5.91 Å². The summed E-state index contributed by atoms with van der Waals surface area (Å²) in [4.78, 5) is 12.0. The average Bonchev–Trinajstić information content (AvgIpc) is 2.38. The normalized spacial score (nSPS) is 12.8. The summed E-state index contributed by atoms with van der Waals surface area (Å²) < 4.78 is 5.37. The van der Waals surface area contributed by atoms with Crippen LogP contribution in [0.25, 0.3) is 0 Å². The van der Waals surface area contributed by atoms with E-state index < -0.39 is 0 Å². The van der Waals surface area contributed by atoms with Crippen molar-refractivity contribution in [1.82, 2.24) is 5.32 Å². The van der Waals surface area contributed by atoms with Crippen LogP contribution >= 0.6 is 0 Å². The zero-order valence-electron chi connectivity index (χ0n) is 13.5. The fraction of sp³-hybridized carbons (Fsp3) is 0.588. The van der Waals surface area contributed by atoms with Gasteiger partial charge in [0.1, 0.15) is 5.75 Å². The van der Waals surface area contributed by atoms with Crippen LogP contribution in [0.3, 0.4) is 0 Å². The molecular weight excluding hydrogens is 266 g/mol. The smallest absolute Gasteiger partial charge is 0.224 e. The zero-order valence-corrected chi connectivity index (χ0v) is 13.5.